The first kappa shape index (κ1) is 17.5. The van der Waals surface area contributed by atoms with Crippen molar-refractivity contribution in [2.45, 2.75) is 59.2 Å². The molecule has 0 aliphatic carbocycles. The zero-order chi connectivity index (χ0) is 16.0. The van der Waals surface area contributed by atoms with Gasteiger partial charge in [-0.25, -0.2) is 4.79 Å². The van der Waals surface area contributed by atoms with Crippen LogP contribution in [0.3, 0.4) is 0 Å². The molecule has 0 aliphatic rings. The Labute approximate surface area is 127 Å². The highest BCUT2D eigenvalue weighted by molar-refractivity contribution is 5.67. The van der Waals surface area contributed by atoms with Gasteiger partial charge in [0.2, 0.25) is 0 Å². The van der Waals surface area contributed by atoms with E-state index in [0.717, 1.165) is 25.2 Å². The number of ether oxygens (including phenoxy) is 1. The number of hydrogen-bond donors (Lipinski definition) is 2. The van der Waals surface area contributed by atoms with Crippen molar-refractivity contribution in [2.75, 3.05) is 6.54 Å². The molecule has 0 bridgehead atoms. The van der Waals surface area contributed by atoms with E-state index >= 15 is 0 Å². The van der Waals surface area contributed by atoms with E-state index < -0.39 is 5.60 Å². The maximum atomic E-state index is 11.6. The maximum Gasteiger partial charge on any atom is 0.407 e. The van der Waals surface area contributed by atoms with Crippen LogP contribution in [0.5, 0.6) is 0 Å². The van der Waals surface area contributed by atoms with Crippen molar-refractivity contribution in [3.63, 3.8) is 0 Å². The Morgan fingerprint density at radius 1 is 1.48 bits per heavy atom. The highest BCUT2D eigenvalue weighted by Gasteiger charge is 2.17. The third-order valence-corrected chi connectivity index (χ3v) is 2.95. The molecule has 0 radical (unpaired) electrons. The van der Waals surface area contributed by atoms with Gasteiger partial charge in [0.05, 0.1) is 5.69 Å². The maximum absolute atomic E-state index is 11.6. The summed E-state index contributed by atoms with van der Waals surface area (Å²) >= 11 is 0. The molecule has 0 aromatic carbocycles. The normalized spacial score (nSPS) is 13.0. The summed E-state index contributed by atoms with van der Waals surface area (Å²) in [4.78, 5) is 11.6. The summed E-state index contributed by atoms with van der Waals surface area (Å²) in [5.41, 5.74) is 1.79. The van der Waals surface area contributed by atoms with Gasteiger partial charge < -0.3 is 15.4 Å². The van der Waals surface area contributed by atoms with E-state index in [1.54, 1.807) is 0 Å². The van der Waals surface area contributed by atoms with Gasteiger partial charge in [0, 0.05) is 31.4 Å². The number of aromatic nitrogens is 2. The van der Waals surface area contributed by atoms with E-state index in [0.29, 0.717) is 0 Å². The van der Waals surface area contributed by atoms with Crippen LogP contribution in [0, 0.1) is 6.92 Å². The van der Waals surface area contributed by atoms with Crippen molar-refractivity contribution < 1.29 is 9.53 Å². The summed E-state index contributed by atoms with van der Waals surface area (Å²) in [6.07, 6.45) is 2.50. The van der Waals surface area contributed by atoms with Crippen molar-refractivity contribution in [1.82, 2.24) is 20.4 Å². The lowest BCUT2D eigenvalue weighted by Gasteiger charge is -2.22. The molecule has 1 amide bonds. The van der Waals surface area contributed by atoms with Gasteiger partial charge in [-0.2, -0.15) is 5.10 Å². The van der Waals surface area contributed by atoms with Crippen LogP contribution in [-0.2, 0) is 18.3 Å². The van der Waals surface area contributed by atoms with Crippen molar-refractivity contribution >= 4 is 6.09 Å². The van der Waals surface area contributed by atoms with E-state index in [2.05, 4.69) is 15.7 Å². The zero-order valence-electron chi connectivity index (χ0n) is 14.0. The van der Waals surface area contributed by atoms with E-state index in [1.165, 1.54) is 5.56 Å². The molecule has 1 rings (SSSR count). The van der Waals surface area contributed by atoms with Gasteiger partial charge in [-0.15, -0.1) is 0 Å². The molecule has 1 aromatic rings. The van der Waals surface area contributed by atoms with Crippen LogP contribution in [0.2, 0.25) is 0 Å². The second-order valence-corrected chi connectivity index (χ2v) is 6.43. The van der Waals surface area contributed by atoms with Crippen LogP contribution >= 0.6 is 0 Å². The second-order valence-electron chi connectivity index (χ2n) is 6.43. The molecule has 0 aliphatic heterocycles. The number of amides is 1. The number of alkyl carbamates (subject to hydrolysis) is 1. The number of hydrogen-bond acceptors (Lipinski definition) is 4. The van der Waals surface area contributed by atoms with Gasteiger partial charge in [-0.1, -0.05) is 0 Å². The summed E-state index contributed by atoms with van der Waals surface area (Å²) in [5, 5.41) is 10.5. The minimum absolute atomic E-state index is 0.0716. The fourth-order valence-electron chi connectivity index (χ4n) is 1.94. The third-order valence-electron chi connectivity index (χ3n) is 2.95. The number of aryl methyl sites for hydroxylation is 2. The Balaban J connectivity index is 2.20. The van der Waals surface area contributed by atoms with Crippen LogP contribution < -0.4 is 10.6 Å². The Kier molecular flexibility index (Phi) is 6.20. The molecule has 0 fully saturated rings. The Bertz CT molecular complexity index is 463. The van der Waals surface area contributed by atoms with Crippen LogP contribution in [0.25, 0.3) is 0 Å². The summed E-state index contributed by atoms with van der Waals surface area (Å²) in [6.45, 7) is 11.2. The number of rotatable bonds is 6. The van der Waals surface area contributed by atoms with Gasteiger partial charge in [-0.05, 0) is 47.6 Å². The monoisotopic (exact) mass is 296 g/mol. The van der Waals surface area contributed by atoms with Crippen LogP contribution in [0.15, 0.2) is 6.20 Å². The van der Waals surface area contributed by atoms with E-state index in [4.69, 9.17) is 4.74 Å². The van der Waals surface area contributed by atoms with Crippen molar-refractivity contribution in [1.29, 1.82) is 0 Å². The number of nitrogens with zero attached hydrogens (tertiary/aromatic N) is 2. The Morgan fingerprint density at radius 3 is 2.67 bits per heavy atom. The van der Waals surface area contributed by atoms with Crippen LogP contribution in [0.1, 0.15) is 45.4 Å². The quantitative estimate of drug-likeness (QED) is 0.789. The van der Waals surface area contributed by atoms with E-state index in [9.17, 15) is 4.79 Å². The average Bonchev–Trinajstić information content (AvgIpc) is 2.60. The summed E-state index contributed by atoms with van der Waals surface area (Å²) in [6, 6.07) is 0.0716. The van der Waals surface area contributed by atoms with Crippen LogP contribution in [-0.4, -0.2) is 34.1 Å². The topological polar surface area (TPSA) is 68.2 Å². The Hall–Kier alpha value is -1.56. The minimum Gasteiger partial charge on any atom is -0.444 e. The molecular weight excluding hydrogens is 268 g/mol. The lowest BCUT2D eigenvalue weighted by atomic mass is 10.2. The predicted molar refractivity (Wildman–Crippen MR) is 83.1 cm³/mol. The summed E-state index contributed by atoms with van der Waals surface area (Å²) in [7, 11) is 1.92. The fraction of sp³-hybridized carbons (Fsp3) is 0.733. The van der Waals surface area contributed by atoms with E-state index in [1.807, 2.05) is 52.5 Å². The summed E-state index contributed by atoms with van der Waals surface area (Å²) < 4.78 is 7.04. The lowest BCUT2D eigenvalue weighted by molar-refractivity contribution is 0.0506. The second kappa shape index (κ2) is 7.45. The number of carbonyl (C=O) groups excluding carboxylic acids is 1. The lowest BCUT2D eigenvalue weighted by Crippen LogP contribution is -2.38. The predicted octanol–water partition coefficient (Wildman–Crippen LogP) is 2.12. The molecule has 6 heteroatoms. The fourth-order valence-corrected chi connectivity index (χ4v) is 1.94. The molecular formula is C15H28N4O2. The van der Waals surface area contributed by atoms with Gasteiger partial charge in [-0.3, -0.25) is 4.68 Å². The van der Waals surface area contributed by atoms with E-state index in [-0.39, 0.29) is 12.1 Å². The molecule has 1 unspecified atom stereocenters. The van der Waals surface area contributed by atoms with Crippen LogP contribution in [0.4, 0.5) is 4.79 Å². The molecule has 120 valence electrons. The summed E-state index contributed by atoms with van der Waals surface area (Å²) in [5.74, 6) is 0. The first-order valence-electron chi connectivity index (χ1n) is 7.37. The van der Waals surface area contributed by atoms with Gasteiger partial charge in [0.15, 0.2) is 0 Å². The largest absolute Gasteiger partial charge is 0.444 e. The first-order chi connectivity index (χ1) is 9.67. The van der Waals surface area contributed by atoms with Gasteiger partial charge >= 0.3 is 6.09 Å². The molecule has 2 N–H and O–H groups in total. The first-order valence-corrected chi connectivity index (χ1v) is 7.37. The highest BCUT2D eigenvalue weighted by atomic mass is 16.6. The molecule has 1 aromatic heterocycles. The Morgan fingerprint density at radius 2 is 2.14 bits per heavy atom. The van der Waals surface area contributed by atoms with Crippen molar-refractivity contribution in [3.05, 3.63) is 17.5 Å². The SMILES string of the molecule is Cc1nn(C)cc1CNCCC(C)NC(=O)OC(C)(C)C. The molecule has 1 atom stereocenters. The average molecular weight is 296 g/mol. The molecule has 21 heavy (non-hydrogen) atoms. The standard InChI is InChI=1S/C15H28N4O2/c1-11(17-14(20)21-15(3,4)5)7-8-16-9-13-10-19(6)18-12(13)2/h10-11,16H,7-9H2,1-6H3,(H,17,20). The molecule has 6 nitrogen and oxygen atoms in total. The van der Waals surface area contributed by atoms with Gasteiger partial charge in [0.1, 0.15) is 5.60 Å². The van der Waals surface area contributed by atoms with Crippen molar-refractivity contribution in [2.24, 2.45) is 7.05 Å². The zero-order valence-corrected chi connectivity index (χ0v) is 14.0. The number of nitrogens with one attached hydrogen (secondary N) is 2. The molecule has 0 saturated heterocycles. The highest BCUT2D eigenvalue weighted by Crippen LogP contribution is 2.07. The molecule has 0 saturated carbocycles. The number of carbonyl (C=O) groups is 1. The molecule has 1 heterocycles. The third kappa shape index (κ3) is 7.13. The van der Waals surface area contributed by atoms with Crippen molar-refractivity contribution in [3.8, 4) is 0 Å². The smallest absolute Gasteiger partial charge is 0.407 e. The minimum atomic E-state index is -0.458. The molecule has 0 spiro atoms. The van der Waals surface area contributed by atoms with Gasteiger partial charge in [0.25, 0.3) is 0 Å².